The van der Waals surface area contributed by atoms with Crippen molar-refractivity contribution in [1.82, 2.24) is 0 Å². The Bertz CT molecular complexity index is 7.61. The molecule has 5 heavy (non-hydrogen) atoms. The average molecular weight is 126 g/mol. The van der Waals surface area contributed by atoms with Crippen molar-refractivity contribution in [3.8, 4) is 0 Å². The van der Waals surface area contributed by atoms with Gasteiger partial charge in [-0.3, -0.25) is 0 Å². The van der Waals surface area contributed by atoms with Gasteiger partial charge in [0.25, 0.3) is 0 Å². The van der Waals surface area contributed by atoms with Crippen LogP contribution in [0.5, 0.6) is 0 Å². The second-order valence-corrected chi connectivity index (χ2v) is 0.141. The third kappa shape index (κ3) is 18.9. The van der Waals surface area contributed by atoms with Gasteiger partial charge >= 0.3 is 110 Å². The standard InChI is InChI=1S/BH3O2.2K.2H/c2-1-3;;;;/h1-3H;;;;. The summed E-state index contributed by atoms with van der Waals surface area (Å²) in [6.07, 6.45) is 0. The Morgan fingerprint density at radius 2 is 1.00 bits per heavy atom. The van der Waals surface area contributed by atoms with Crippen molar-refractivity contribution in [2.45, 2.75) is 0 Å². The quantitative estimate of drug-likeness (QED) is 0.338. The molecule has 0 unspecified atom stereocenters. The molecule has 2 nitrogen and oxygen atoms in total. The van der Waals surface area contributed by atoms with E-state index in [2.05, 4.69) is 0 Å². The fraction of sp³-hybridized carbons (Fsp3) is 0. The normalized spacial score (nSPS) is 2.80. The van der Waals surface area contributed by atoms with Crippen LogP contribution in [0.25, 0.3) is 0 Å². The molecular formula is H5BK2O2. The summed E-state index contributed by atoms with van der Waals surface area (Å²) in [6, 6.07) is 0. The molecule has 0 aliphatic carbocycles. The van der Waals surface area contributed by atoms with Gasteiger partial charge in [0, 0.05) is 0 Å². The average Bonchev–Trinajstić information content (AvgIpc) is 0.918. The van der Waals surface area contributed by atoms with Crippen LogP contribution in [-0.4, -0.2) is 121 Å². The molecule has 0 atom stereocenters. The van der Waals surface area contributed by atoms with E-state index in [1.54, 1.807) is 0 Å². The molecule has 0 aromatic rings. The van der Waals surface area contributed by atoms with Gasteiger partial charge in [-0.2, -0.15) is 0 Å². The summed E-state index contributed by atoms with van der Waals surface area (Å²) in [5, 5.41) is 14.2. The summed E-state index contributed by atoms with van der Waals surface area (Å²) in [5.74, 6) is 0. The maximum absolute atomic E-state index is 7.12. The zero-order chi connectivity index (χ0) is 2.71. The summed E-state index contributed by atoms with van der Waals surface area (Å²) < 4.78 is 0. The molecule has 0 rings (SSSR count). The zero-order valence-corrected chi connectivity index (χ0v) is 1.60. The second-order valence-electron chi connectivity index (χ2n) is 0.141. The molecular weight excluding hydrogens is 121 g/mol. The summed E-state index contributed by atoms with van der Waals surface area (Å²) in [4.78, 5) is 0. The van der Waals surface area contributed by atoms with E-state index < -0.39 is 7.69 Å². The van der Waals surface area contributed by atoms with Gasteiger partial charge in [-0.1, -0.05) is 0 Å². The summed E-state index contributed by atoms with van der Waals surface area (Å²) in [5.41, 5.74) is 0. The molecule has 0 aromatic carbocycles. The van der Waals surface area contributed by atoms with E-state index in [1.807, 2.05) is 0 Å². The van der Waals surface area contributed by atoms with Crippen LogP contribution >= 0.6 is 0 Å². The number of hydrogen-bond donors (Lipinski definition) is 2. The topological polar surface area (TPSA) is 40.5 Å². The van der Waals surface area contributed by atoms with E-state index in [0.29, 0.717) is 0 Å². The van der Waals surface area contributed by atoms with Crippen LogP contribution in [0.1, 0.15) is 0 Å². The molecule has 2 N–H and O–H groups in total. The Labute approximate surface area is 117 Å². The SMILES string of the molecule is OBO.[KH].[KH]. The van der Waals surface area contributed by atoms with Crippen LogP contribution in [0.4, 0.5) is 0 Å². The van der Waals surface area contributed by atoms with Crippen molar-refractivity contribution in [3.63, 3.8) is 0 Å². The molecule has 0 saturated carbocycles. The molecule has 0 spiro atoms. The predicted octanol–water partition coefficient (Wildman–Crippen LogP) is -3.06. The maximum atomic E-state index is 7.12. The van der Waals surface area contributed by atoms with E-state index in [-0.39, 0.29) is 103 Å². The van der Waals surface area contributed by atoms with Crippen molar-refractivity contribution in [2.24, 2.45) is 0 Å². The van der Waals surface area contributed by atoms with E-state index in [1.165, 1.54) is 0 Å². The van der Waals surface area contributed by atoms with Gasteiger partial charge < -0.3 is 10.0 Å². The van der Waals surface area contributed by atoms with Crippen molar-refractivity contribution in [3.05, 3.63) is 0 Å². The molecule has 0 bridgehead atoms. The van der Waals surface area contributed by atoms with Crippen LogP contribution in [0.2, 0.25) is 0 Å². The monoisotopic (exact) mass is 126 g/mol. The fourth-order valence-corrected chi connectivity index (χ4v) is 0. The Balaban J connectivity index is -0.0000000200. The summed E-state index contributed by atoms with van der Waals surface area (Å²) >= 11 is 0. The van der Waals surface area contributed by atoms with E-state index in [0.717, 1.165) is 0 Å². The molecule has 0 radical (unpaired) electrons. The first-order valence-electron chi connectivity index (χ1n) is 0.632. The zero-order valence-electron chi connectivity index (χ0n) is 1.60. The minimum atomic E-state index is -0.750. The van der Waals surface area contributed by atoms with Crippen LogP contribution in [-0.2, 0) is 0 Å². The minimum absolute atomic E-state index is 0. The van der Waals surface area contributed by atoms with Crippen LogP contribution in [0.15, 0.2) is 0 Å². The number of rotatable bonds is 0. The molecule has 22 valence electrons. The van der Waals surface area contributed by atoms with E-state index >= 15 is 0 Å². The van der Waals surface area contributed by atoms with Crippen LogP contribution < -0.4 is 0 Å². The Hall–Kier alpha value is 3.26. The first kappa shape index (κ1) is 15.7. The van der Waals surface area contributed by atoms with Gasteiger partial charge in [-0.15, -0.1) is 0 Å². The summed E-state index contributed by atoms with van der Waals surface area (Å²) in [7, 11) is -0.750. The van der Waals surface area contributed by atoms with Crippen LogP contribution in [0.3, 0.4) is 0 Å². The molecule has 5 heteroatoms. The van der Waals surface area contributed by atoms with Gasteiger partial charge in [0.2, 0.25) is 0 Å². The van der Waals surface area contributed by atoms with E-state index in [9.17, 15) is 0 Å². The first-order chi connectivity index (χ1) is 1.41. The van der Waals surface area contributed by atoms with Gasteiger partial charge in [-0.25, -0.2) is 0 Å². The Kier molecular flexibility index (Phi) is 49.3. The third-order valence-corrected chi connectivity index (χ3v) is 0. The summed E-state index contributed by atoms with van der Waals surface area (Å²) in [6.45, 7) is 0. The Morgan fingerprint density at radius 1 is 1.00 bits per heavy atom. The van der Waals surface area contributed by atoms with Gasteiger partial charge in [0.05, 0.1) is 0 Å². The van der Waals surface area contributed by atoms with Crippen LogP contribution in [0, 0.1) is 0 Å². The third-order valence-electron chi connectivity index (χ3n) is 0. The first-order valence-corrected chi connectivity index (χ1v) is 0.632. The molecule has 0 fully saturated rings. The number of hydrogen-bond acceptors (Lipinski definition) is 2. The molecule has 0 aliphatic rings. The van der Waals surface area contributed by atoms with Gasteiger partial charge in [0.1, 0.15) is 0 Å². The van der Waals surface area contributed by atoms with Crippen molar-refractivity contribution < 1.29 is 10.0 Å². The van der Waals surface area contributed by atoms with Gasteiger partial charge in [-0.05, 0) is 0 Å². The molecule has 0 amide bonds. The molecule has 0 aromatic heterocycles. The molecule has 0 heterocycles. The van der Waals surface area contributed by atoms with Crippen molar-refractivity contribution >= 4 is 110 Å². The van der Waals surface area contributed by atoms with E-state index in [4.69, 9.17) is 10.0 Å². The predicted molar refractivity (Wildman–Crippen MR) is 25.9 cm³/mol. The second kappa shape index (κ2) is 15.7. The van der Waals surface area contributed by atoms with Crippen molar-refractivity contribution in [1.29, 1.82) is 0 Å². The van der Waals surface area contributed by atoms with Gasteiger partial charge in [0.15, 0.2) is 0 Å². The molecule has 0 saturated heterocycles. The fourth-order valence-electron chi connectivity index (χ4n) is 0. The van der Waals surface area contributed by atoms with Crippen molar-refractivity contribution in [2.75, 3.05) is 0 Å². The Morgan fingerprint density at radius 3 is 1.00 bits per heavy atom. The molecule has 0 aliphatic heterocycles.